The maximum atomic E-state index is 12.9. The van der Waals surface area contributed by atoms with Crippen molar-refractivity contribution in [1.29, 1.82) is 0 Å². The van der Waals surface area contributed by atoms with Gasteiger partial charge in [-0.05, 0) is 50.3 Å². The lowest BCUT2D eigenvalue weighted by atomic mass is 10.0. The summed E-state index contributed by atoms with van der Waals surface area (Å²) in [6.07, 6.45) is 7.19. The Morgan fingerprint density at radius 1 is 1.03 bits per heavy atom. The first-order valence-electron chi connectivity index (χ1n) is 9.72. The van der Waals surface area contributed by atoms with Gasteiger partial charge in [0.15, 0.2) is 6.61 Å². The van der Waals surface area contributed by atoms with Crippen molar-refractivity contribution in [1.82, 2.24) is 0 Å². The van der Waals surface area contributed by atoms with Gasteiger partial charge in [-0.1, -0.05) is 31.4 Å². The van der Waals surface area contributed by atoms with Gasteiger partial charge in [0.25, 0.3) is 0 Å². The third-order valence-electron chi connectivity index (χ3n) is 4.39. The summed E-state index contributed by atoms with van der Waals surface area (Å²) in [4.78, 5) is 12.9. The topological polar surface area (TPSA) is 54.0 Å². The minimum Gasteiger partial charge on any atom is -0.489 e. The van der Waals surface area contributed by atoms with E-state index in [2.05, 4.69) is 13.2 Å². The molecule has 156 valence electrons. The molecule has 0 N–H and O–H groups in total. The Kier molecular flexibility index (Phi) is 6.62. The van der Waals surface area contributed by atoms with Gasteiger partial charge in [0, 0.05) is 6.07 Å². The van der Waals surface area contributed by atoms with Crippen molar-refractivity contribution in [3.8, 4) is 23.0 Å². The van der Waals surface area contributed by atoms with Gasteiger partial charge in [-0.2, -0.15) is 0 Å². The normalized spacial score (nSPS) is 13.5. The number of carbonyl (C=O) groups is 1. The average Bonchev–Trinajstić information content (AvgIpc) is 2.73. The highest BCUT2D eigenvalue weighted by atomic mass is 16.5. The van der Waals surface area contributed by atoms with Crippen LogP contribution in [0.5, 0.6) is 23.0 Å². The van der Waals surface area contributed by atoms with Crippen molar-refractivity contribution in [2.75, 3.05) is 19.8 Å². The van der Waals surface area contributed by atoms with E-state index < -0.39 is 0 Å². The number of ketones is 1. The van der Waals surface area contributed by atoms with Crippen LogP contribution in [0.25, 0.3) is 6.08 Å². The molecule has 0 atom stereocenters. The van der Waals surface area contributed by atoms with E-state index in [-0.39, 0.29) is 24.6 Å². The van der Waals surface area contributed by atoms with Gasteiger partial charge < -0.3 is 18.9 Å². The Bertz CT molecular complexity index is 971. The van der Waals surface area contributed by atoms with E-state index in [0.717, 1.165) is 11.3 Å². The van der Waals surface area contributed by atoms with Crippen LogP contribution in [0.4, 0.5) is 0 Å². The van der Waals surface area contributed by atoms with Crippen LogP contribution in [0.2, 0.25) is 0 Å². The molecule has 2 aromatic carbocycles. The molecule has 0 fully saturated rings. The number of rotatable bonds is 10. The molecule has 0 spiro atoms. The summed E-state index contributed by atoms with van der Waals surface area (Å²) < 4.78 is 23.0. The summed E-state index contributed by atoms with van der Waals surface area (Å²) in [5.41, 5.74) is 0.857. The minimum absolute atomic E-state index is 0.134. The van der Waals surface area contributed by atoms with Gasteiger partial charge in [0.05, 0.1) is 11.1 Å². The summed E-state index contributed by atoms with van der Waals surface area (Å²) in [5, 5.41) is 0. The zero-order valence-electron chi connectivity index (χ0n) is 17.4. The molecule has 0 bridgehead atoms. The van der Waals surface area contributed by atoms with Gasteiger partial charge in [-0.15, -0.1) is 0 Å². The van der Waals surface area contributed by atoms with Crippen LogP contribution in [-0.4, -0.2) is 31.2 Å². The molecule has 0 aromatic heterocycles. The van der Waals surface area contributed by atoms with Crippen molar-refractivity contribution < 1.29 is 23.7 Å². The molecule has 5 heteroatoms. The van der Waals surface area contributed by atoms with Crippen LogP contribution >= 0.6 is 0 Å². The Morgan fingerprint density at radius 3 is 2.57 bits per heavy atom. The largest absolute Gasteiger partial charge is 0.489 e. The molecule has 2 aromatic rings. The molecule has 0 saturated carbocycles. The predicted molar refractivity (Wildman–Crippen MR) is 118 cm³/mol. The highest BCUT2D eigenvalue weighted by molar-refractivity contribution is 6.00. The number of benzene rings is 2. The maximum absolute atomic E-state index is 12.9. The number of Topliss-reactive ketones (excluding diaryl/α,β-unsaturated/α-hetero) is 1. The van der Waals surface area contributed by atoms with E-state index in [0.29, 0.717) is 29.4 Å². The summed E-state index contributed by atoms with van der Waals surface area (Å²) >= 11 is 0. The molecule has 30 heavy (non-hydrogen) atoms. The van der Waals surface area contributed by atoms with Gasteiger partial charge in [-0.25, -0.2) is 0 Å². The van der Waals surface area contributed by atoms with E-state index in [1.807, 2.05) is 44.2 Å². The van der Waals surface area contributed by atoms with Crippen LogP contribution in [0, 0.1) is 0 Å². The molecule has 1 aliphatic rings. The van der Waals surface area contributed by atoms with Gasteiger partial charge in [0.1, 0.15) is 41.8 Å². The molecule has 0 unspecified atom stereocenters. The lowest BCUT2D eigenvalue weighted by molar-refractivity contribution is 0.0916. The smallest absolute Gasteiger partial charge is 0.203 e. The second kappa shape index (κ2) is 9.35. The molecule has 0 saturated heterocycles. The van der Waals surface area contributed by atoms with Crippen LogP contribution in [0.15, 0.2) is 67.8 Å². The van der Waals surface area contributed by atoms with E-state index >= 15 is 0 Å². The lowest BCUT2D eigenvalue weighted by Crippen LogP contribution is -2.27. The standard InChI is InChI=1S/C25H26O5/c1-5-14-27-18-10-11-19(24(16-18)28-15-6-2)21(26)17-29-22-8-7-9-23-20(22)12-13-25(3,4)30-23/h5-13,16H,1-2,14-15,17H2,3-4H3. The maximum Gasteiger partial charge on any atom is 0.203 e. The Morgan fingerprint density at radius 2 is 1.80 bits per heavy atom. The fourth-order valence-corrected chi connectivity index (χ4v) is 2.97. The van der Waals surface area contributed by atoms with E-state index in [1.165, 1.54) is 0 Å². The summed E-state index contributed by atoms with van der Waals surface area (Å²) in [6, 6.07) is 10.6. The van der Waals surface area contributed by atoms with Crippen molar-refractivity contribution in [2.24, 2.45) is 0 Å². The lowest BCUT2D eigenvalue weighted by Gasteiger charge is -2.28. The van der Waals surface area contributed by atoms with Gasteiger partial charge in [-0.3, -0.25) is 4.79 Å². The Labute approximate surface area is 177 Å². The second-order valence-corrected chi connectivity index (χ2v) is 7.28. The van der Waals surface area contributed by atoms with E-state index in [9.17, 15) is 4.79 Å². The summed E-state index contributed by atoms with van der Waals surface area (Å²) in [7, 11) is 0. The Balaban J connectivity index is 1.76. The molecular formula is C25H26O5. The molecule has 1 aliphatic heterocycles. The fraction of sp³-hybridized carbons (Fsp3) is 0.240. The fourth-order valence-electron chi connectivity index (χ4n) is 2.97. The van der Waals surface area contributed by atoms with Crippen LogP contribution < -0.4 is 18.9 Å². The van der Waals surface area contributed by atoms with Crippen LogP contribution in [-0.2, 0) is 0 Å². The molecule has 1 heterocycles. The van der Waals surface area contributed by atoms with Crippen molar-refractivity contribution >= 4 is 11.9 Å². The number of ether oxygens (including phenoxy) is 4. The quantitative estimate of drug-likeness (QED) is 0.398. The Hall–Kier alpha value is -3.47. The third-order valence-corrected chi connectivity index (χ3v) is 4.39. The van der Waals surface area contributed by atoms with Gasteiger partial charge in [0.2, 0.25) is 5.78 Å². The SMILES string of the molecule is C=CCOc1ccc(C(=O)COc2cccc3c2C=CC(C)(C)O3)c(OCC=C)c1. The van der Waals surface area contributed by atoms with E-state index in [4.69, 9.17) is 18.9 Å². The average molecular weight is 406 g/mol. The zero-order valence-corrected chi connectivity index (χ0v) is 17.4. The number of carbonyl (C=O) groups excluding carboxylic acids is 1. The third kappa shape index (κ3) is 5.11. The molecule has 5 nitrogen and oxygen atoms in total. The highest BCUT2D eigenvalue weighted by Gasteiger charge is 2.24. The highest BCUT2D eigenvalue weighted by Crippen LogP contribution is 2.36. The first-order valence-corrected chi connectivity index (χ1v) is 9.72. The van der Waals surface area contributed by atoms with Crippen molar-refractivity contribution in [3.63, 3.8) is 0 Å². The van der Waals surface area contributed by atoms with E-state index in [1.54, 1.807) is 30.4 Å². The molecule has 0 aliphatic carbocycles. The summed E-state index contributed by atoms with van der Waals surface area (Å²) in [5.74, 6) is 2.12. The number of fused-ring (bicyclic) bond motifs is 1. The first kappa shape index (κ1) is 21.2. The van der Waals surface area contributed by atoms with Crippen LogP contribution in [0.3, 0.4) is 0 Å². The molecule has 0 amide bonds. The van der Waals surface area contributed by atoms with Crippen molar-refractivity contribution in [2.45, 2.75) is 19.4 Å². The molecule has 0 radical (unpaired) electrons. The zero-order chi connectivity index (χ0) is 21.6. The number of hydrogen-bond donors (Lipinski definition) is 0. The summed E-state index contributed by atoms with van der Waals surface area (Å²) in [6.45, 7) is 11.8. The van der Waals surface area contributed by atoms with Gasteiger partial charge >= 0.3 is 0 Å². The van der Waals surface area contributed by atoms with Crippen LogP contribution in [0.1, 0.15) is 29.8 Å². The number of hydrogen-bond acceptors (Lipinski definition) is 5. The first-order chi connectivity index (χ1) is 14.4. The minimum atomic E-state index is -0.381. The molecular weight excluding hydrogens is 380 g/mol. The predicted octanol–water partition coefficient (Wildman–Crippen LogP) is 5.26. The monoisotopic (exact) mass is 406 g/mol. The molecule has 3 rings (SSSR count). The van der Waals surface area contributed by atoms with Crippen molar-refractivity contribution in [3.05, 3.63) is 78.9 Å². The second-order valence-electron chi connectivity index (χ2n) is 7.28.